The highest BCUT2D eigenvalue weighted by atomic mass is 16.5. The minimum Gasteiger partial charge on any atom is -0.463 e. The van der Waals surface area contributed by atoms with Gasteiger partial charge in [-0.15, -0.1) is 6.58 Å². The van der Waals surface area contributed by atoms with Gasteiger partial charge in [0.25, 0.3) is 0 Å². The third kappa shape index (κ3) is 7.62. The van der Waals surface area contributed by atoms with Crippen molar-refractivity contribution in [3.8, 4) is 0 Å². The third-order valence-corrected chi connectivity index (χ3v) is 7.02. The topological polar surface area (TPSA) is 94.2 Å². The van der Waals surface area contributed by atoms with Crippen LogP contribution in [0.5, 0.6) is 0 Å². The van der Waals surface area contributed by atoms with E-state index in [1.54, 1.807) is 17.9 Å². The summed E-state index contributed by atoms with van der Waals surface area (Å²) in [5, 5.41) is 6.00. The maximum Gasteiger partial charge on any atom is 0.338 e. The van der Waals surface area contributed by atoms with Gasteiger partial charge in [0.1, 0.15) is 0 Å². The van der Waals surface area contributed by atoms with Gasteiger partial charge >= 0.3 is 18.0 Å². The molecule has 0 spiro atoms. The highest BCUT2D eigenvalue weighted by molar-refractivity contribution is 5.95. The Bertz CT molecular complexity index is 1070. The van der Waals surface area contributed by atoms with E-state index in [1.165, 1.54) is 5.56 Å². The van der Waals surface area contributed by atoms with E-state index in [9.17, 15) is 14.4 Å². The highest BCUT2D eigenvalue weighted by Gasteiger charge is 2.38. The Balaban J connectivity index is 1.98. The number of nitrogens with one attached hydrogen (secondary N) is 2. The van der Waals surface area contributed by atoms with Crippen molar-refractivity contribution >= 4 is 18.0 Å². The fourth-order valence-corrected chi connectivity index (χ4v) is 4.95. The van der Waals surface area contributed by atoms with Crippen molar-refractivity contribution in [3.63, 3.8) is 0 Å². The first-order valence-corrected chi connectivity index (χ1v) is 13.9. The molecular weight excluding hydrogens is 494 g/mol. The second kappa shape index (κ2) is 13.2. The monoisotopic (exact) mass is 539 g/mol. The van der Waals surface area contributed by atoms with Gasteiger partial charge < -0.3 is 20.3 Å². The van der Waals surface area contributed by atoms with Crippen LogP contribution < -0.4 is 10.6 Å². The van der Waals surface area contributed by atoms with Gasteiger partial charge in [-0.1, -0.05) is 51.1 Å². The van der Waals surface area contributed by atoms with Crippen molar-refractivity contribution < 1.29 is 19.1 Å². The van der Waals surface area contributed by atoms with Gasteiger partial charge in [-0.3, -0.25) is 9.80 Å². The van der Waals surface area contributed by atoms with Crippen molar-refractivity contribution in [1.82, 2.24) is 25.3 Å². The summed E-state index contributed by atoms with van der Waals surface area (Å²) in [7, 11) is 0. The van der Waals surface area contributed by atoms with E-state index >= 15 is 0 Å². The normalized spacial score (nSPS) is 19.1. The number of ether oxygens (including phenoxy) is 1. The zero-order valence-corrected chi connectivity index (χ0v) is 24.4. The number of rotatable bonds is 8. The van der Waals surface area contributed by atoms with Crippen LogP contribution in [0.2, 0.25) is 0 Å². The Labute approximate surface area is 233 Å². The average molecular weight is 540 g/mol. The van der Waals surface area contributed by atoms with Gasteiger partial charge in [0.05, 0.1) is 18.2 Å². The molecule has 0 saturated carbocycles. The third-order valence-electron chi connectivity index (χ3n) is 7.02. The van der Waals surface area contributed by atoms with Gasteiger partial charge in [-0.05, 0) is 43.7 Å². The van der Waals surface area contributed by atoms with Crippen LogP contribution in [-0.4, -0.2) is 84.6 Å². The molecule has 0 aliphatic carbocycles. The first kappa shape index (κ1) is 30.2. The number of benzene rings is 1. The fourth-order valence-electron chi connectivity index (χ4n) is 4.95. The van der Waals surface area contributed by atoms with Crippen LogP contribution in [0.25, 0.3) is 0 Å². The molecule has 2 heterocycles. The molecule has 0 radical (unpaired) electrons. The molecule has 1 aromatic carbocycles. The van der Waals surface area contributed by atoms with Gasteiger partial charge in [-0.2, -0.15) is 0 Å². The van der Waals surface area contributed by atoms with Gasteiger partial charge in [-0.25, -0.2) is 14.4 Å². The number of urea groups is 2. The van der Waals surface area contributed by atoms with E-state index in [0.29, 0.717) is 37.4 Å². The lowest BCUT2D eigenvalue weighted by Crippen LogP contribution is -2.51. The molecule has 9 heteroatoms. The maximum absolute atomic E-state index is 13.5. The second-order valence-corrected chi connectivity index (χ2v) is 11.5. The molecular formula is C30H45N5O4. The molecule has 1 aromatic rings. The minimum absolute atomic E-state index is 0.0210. The largest absolute Gasteiger partial charge is 0.463 e. The summed E-state index contributed by atoms with van der Waals surface area (Å²) in [4.78, 5) is 45.0. The Kier molecular flexibility index (Phi) is 10.2. The first-order chi connectivity index (χ1) is 18.5. The summed E-state index contributed by atoms with van der Waals surface area (Å²) in [6, 6.07) is 7.12. The van der Waals surface area contributed by atoms with E-state index in [1.807, 2.05) is 43.0 Å². The van der Waals surface area contributed by atoms with Crippen LogP contribution in [0.15, 0.2) is 48.2 Å². The summed E-state index contributed by atoms with van der Waals surface area (Å²) in [6.45, 7) is 19.4. The smallest absolute Gasteiger partial charge is 0.338 e. The standard InChI is InChI=1S/C30H45N5O4/c1-8-15-35-24(20-33-16-10-17-34(19-18-33)28(37)31-21(3)4)25(27(36)39-9-2)26(32-29(35)38)22-11-13-23(14-12-22)30(5,6)7/h8,11-14,21,26H,1,9-10,15-20H2,2-7H3,(H,31,37)(H,32,38). The summed E-state index contributed by atoms with van der Waals surface area (Å²) in [6.07, 6.45) is 2.44. The molecule has 0 aromatic heterocycles. The van der Waals surface area contributed by atoms with Crippen LogP contribution in [0.1, 0.15) is 65.1 Å². The number of nitrogens with zero attached hydrogens (tertiary/aromatic N) is 3. The van der Waals surface area contributed by atoms with Gasteiger partial charge in [0, 0.05) is 51.0 Å². The van der Waals surface area contributed by atoms with E-state index in [2.05, 4.69) is 42.9 Å². The summed E-state index contributed by atoms with van der Waals surface area (Å²) in [5.41, 5.74) is 3.01. The SMILES string of the molecule is C=CCN1C(=O)NC(c2ccc(C(C)(C)C)cc2)C(C(=O)OCC)=C1CN1CCCN(C(=O)NC(C)C)CC1. The van der Waals surface area contributed by atoms with Crippen molar-refractivity contribution in [2.24, 2.45) is 0 Å². The molecule has 1 atom stereocenters. The Morgan fingerprint density at radius 1 is 1.15 bits per heavy atom. The number of esters is 1. The molecule has 0 bridgehead atoms. The number of amides is 4. The van der Waals surface area contributed by atoms with Crippen molar-refractivity contribution in [2.75, 3.05) is 45.9 Å². The number of carbonyl (C=O) groups excluding carboxylic acids is 3. The van der Waals surface area contributed by atoms with E-state index in [-0.39, 0.29) is 36.7 Å². The molecule has 214 valence electrons. The Morgan fingerprint density at radius 2 is 1.85 bits per heavy atom. The lowest BCUT2D eigenvalue weighted by atomic mass is 9.85. The fraction of sp³-hybridized carbons (Fsp3) is 0.567. The molecule has 9 nitrogen and oxygen atoms in total. The van der Waals surface area contributed by atoms with Crippen LogP contribution in [-0.2, 0) is 14.9 Å². The zero-order chi connectivity index (χ0) is 28.7. The minimum atomic E-state index is -0.637. The number of hydrogen-bond donors (Lipinski definition) is 2. The van der Waals surface area contributed by atoms with E-state index < -0.39 is 12.0 Å². The van der Waals surface area contributed by atoms with Crippen molar-refractivity contribution in [1.29, 1.82) is 0 Å². The van der Waals surface area contributed by atoms with Gasteiger partial charge in [0.15, 0.2) is 0 Å². The number of carbonyl (C=O) groups is 3. The Morgan fingerprint density at radius 3 is 2.44 bits per heavy atom. The molecule has 2 N–H and O–H groups in total. The highest BCUT2D eigenvalue weighted by Crippen LogP contribution is 2.33. The lowest BCUT2D eigenvalue weighted by molar-refractivity contribution is -0.139. The molecule has 1 unspecified atom stereocenters. The van der Waals surface area contributed by atoms with Crippen LogP contribution in [0, 0.1) is 0 Å². The van der Waals surface area contributed by atoms with Crippen molar-refractivity contribution in [3.05, 3.63) is 59.3 Å². The maximum atomic E-state index is 13.5. The Hall–Kier alpha value is -3.33. The molecule has 2 aliphatic rings. The molecule has 1 saturated heterocycles. The second-order valence-electron chi connectivity index (χ2n) is 11.5. The van der Waals surface area contributed by atoms with Crippen LogP contribution in [0.3, 0.4) is 0 Å². The quantitative estimate of drug-likeness (QED) is 0.382. The van der Waals surface area contributed by atoms with E-state index in [0.717, 1.165) is 18.5 Å². The molecule has 2 aliphatic heterocycles. The average Bonchev–Trinajstić information content (AvgIpc) is 3.11. The first-order valence-electron chi connectivity index (χ1n) is 13.9. The summed E-state index contributed by atoms with van der Waals surface area (Å²) in [5.74, 6) is -0.445. The van der Waals surface area contributed by atoms with Crippen LogP contribution >= 0.6 is 0 Å². The number of hydrogen-bond acceptors (Lipinski definition) is 5. The van der Waals surface area contributed by atoms with Crippen molar-refractivity contribution in [2.45, 2.75) is 65.5 Å². The zero-order valence-electron chi connectivity index (χ0n) is 24.4. The predicted molar refractivity (Wildman–Crippen MR) is 153 cm³/mol. The lowest BCUT2D eigenvalue weighted by Gasteiger charge is -2.38. The summed E-state index contributed by atoms with van der Waals surface area (Å²) < 4.78 is 5.52. The van der Waals surface area contributed by atoms with Crippen LogP contribution in [0.4, 0.5) is 9.59 Å². The molecule has 3 rings (SSSR count). The molecule has 4 amide bonds. The van der Waals surface area contributed by atoms with E-state index in [4.69, 9.17) is 4.74 Å². The molecule has 39 heavy (non-hydrogen) atoms. The van der Waals surface area contributed by atoms with Gasteiger partial charge in [0.2, 0.25) is 0 Å². The predicted octanol–water partition coefficient (Wildman–Crippen LogP) is 4.18. The molecule has 1 fully saturated rings. The summed E-state index contributed by atoms with van der Waals surface area (Å²) >= 11 is 0.